The Morgan fingerprint density at radius 1 is 1.23 bits per heavy atom. The molecule has 0 aromatic heterocycles. The van der Waals surface area contributed by atoms with E-state index in [0.29, 0.717) is 0 Å². The third-order valence-electron chi connectivity index (χ3n) is 1.84. The van der Waals surface area contributed by atoms with E-state index in [1.165, 1.54) is 0 Å². The van der Waals surface area contributed by atoms with Crippen molar-refractivity contribution in [1.82, 2.24) is 4.90 Å². The minimum atomic E-state index is -0.844. The predicted molar refractivity (Wildman–Crippen MR) is 56.5 cm³/mol. The number of hydrogen-bond acceptors (Lipinski definition) is 2. The third-order valence-corrected chi connectivity index (χ3v) is 1.84. The summed E-state index contributed by atoms with van der Waals surface area (Å²) in [7, 11) is 0. The lowest BCUT2D eigenvalue weighted by Gasteiger charge is -2.15. The minimum Gasteiger partial charge on any atom is -0.378 e. The van der Waals surface area contributed by atoms with Crippen LogP contribution in [-0.2, 0) is 0 Å². The molecule has 0 aliphatic carbocycles. The molecule has 0 rings (SSSR count). The van der Waals surface area contributed by atoms with Crippen molar-refractivity contribution in [3.05, 3.63) is 0 Å². The molecule has 2 heteroatoms. The van der Waals surface area contributed by atoms with Crippen LogP contribution in [0.25, 0.3) is 0 Å². The van der Waals surface area contributed by atoms with E-state index < -0.39 is 5.60 Å². The highest BCUT2D eigenvalue weighted by Gasteiger charge is 2.05. The second kappa shape index (κ2) is 6.01. The molecule has 0 aromatic rings. The molecule has 0 saturated carbocycles. The van der Waals surface area contributed by atoms with Gasteiger partial charge >= 0.3 is 0 Å². The summed E-state index contributed by atoms with van der Waals surface area (Å²) in [5.74, 6) is 5.79. The molecule has 0 radical (unpaired) electrons. The van der Waals surface area contributed by atoms with Crippen molar-refractivity contribution in [1.29, 1.82) is 0 Å². The first kappa shape index (κ1) is 12.5. The second-order valence-corrected chi connectivity index (χ2v) is 3.64. The third kappa shape index (κ3) is 7.83. The number of nitrogens with zero attached hydrogens (tertiary/aromatic N) is 1. The lowest BCUT2D eigenvalue weighted by molar-refractivity contribution is 0.143. The van der Waals surface area contributed by atoms with Gasteiger partial charge in [-0.25, -0.2) is 0 Å². The van der Waals surface area contributed by atoms with Gasteiger partial charge in [-0.3, -0.25) is 0 Å². The zero-order chi connectivity index (χ0) is 10.3. The molecule has 1 N–H and O–H groups in total. The van der Waals surface area contributed by atoms with E-state index in [1.54, 1.807) is 13.8 Å². The highest BCUT2D eigenvalue weighted by atomic mass is 16.3. The smallest absolute Gasteiger partial charge is 0.119 e. The molecular weight excluding hydrogens is 162 g/mol. The van der Waals surface area contributed by atoms with Crippen LogP contribution < -0.4 is 0 Å². The van der Waals surface area contributed by atoms with Gasteiger partial charge < -0.3 is 10.0 Å². The van der Waals surface area contributed by atoms with Crippen molar-refractivity contribution in [2.45, 2.75) is 39.7 Å². The van der Waals surface area contributed by atoms with Crippen molar-refractivity contribution in [3.63, 3.8) is 0 Å². The maximum Gasteiger partial charge on any atom is 0.119 e. The van der Waals surface area contributed by atoms with Crippen LogP contribution in [0.15, 0.2) is 0 Å². The number of hydrogen-bond donors (Lipinski definition) is 1. The zero-order valence-electron chi connectivity index (χ0n) is 9.22. The standard InChI is InChI=1S/C11H21NO/c1-5-12(6-2)10-8-7-9-11(3,4)13/h13H,5-6,8,10H2,1-4H3. The fraction of sp³-hybridized carbons (Fsp3) is 0.818. The largest absolute Gasteiger partial charge is 0.378 e. The van der Waals surface area contributed by atoms with Crippen LogP contribution in [0.2, 0.25) is 0 Å². The number of rotatable bonds is 4. The Hall–Kier alpha value is -0.520. The van der Waals surface area contributed by atoms with Crippen LogP contribution in [0.4, 0.5) is 0 Å². The first-order chi connectivity index (χ1) is 5.99. The molecule has 0 aliphatic heterocycles. The Labute approximate surface area is 81.9 Å². The van der Waals surface area contributed by atoms with Crippen LogP contribution in [0.1, 0.15) is 34.1 Å². The molecule has 13 heavy (non-hydrogen) atoms. The second-order valence-electron chi connectivity index (χ2n) is 3.64. The monoisotopic (exact) mass is 183 g/mol. The molecule has 0 atom stereocenters. The average molecular weight is 183 g/mol. The first-order valence-electron chi connectivity index (χ1n) is 4.94. The molecule has 0 bridgehead atoms. The van der Waals surface area contributed by atoms with E-state index in [2.05, 4.69) is 30.6 Å². The lowest BCUT2D eigenvalue weighted by atomic mass is 10.1. The maximum absolute atomic E-state index is 9.31. The van der Waals surface area contributed by atoms with Gasteiger partial charge in [0.15, 0.2) is 0 Å². The van der Waals surface area contributed by atoms with Crippen molar-refractivity contribution >= 4 is 0 Å². The lowest BCUT2D eigenvalue weighted by Crippen LogP contribution is -2.23. The Morgan fingerprint density at radius 3 is 2.15 bits per heavy atom. The summed E-state index contributed by atoms with van der Waals surface area (Å²) in [6, 6.07) is 0. The van der Waals surface area contributed by atoms with E-state index in [-0.39, 0.29) is 0 Å². The first-order valence-corrected chi connectivity index (χ1v) is 4.94. The van der Waals surface area contributed by atoms with Crippen LogP contribution >= 0.6 is 0 Å². The predicted octanol–water partition coefficient (Wildman–Crippen LogP) is 1.49. The molecule has 0 fully saturated rings. The molecule has 2 nitrogen and oxygen atoms in total. The molecule has 0 aromatic carbocycles. The Morgan fingerprint density at radius 2 is 1.77 bits per heavy atom. The molecule has 0 heterocycles. The van der Waals surface area contributed by atoms with E-state index in [4.69, 9.17) is 0 Å². The van der Waals surface area contributed by atoms with Crippen molar-refractivity contribution in [3.8, 4) is 11.8 Å². The molecule has 0 amide bonds. The van der Waals surface area contributed by atoms with E-state index in [0.717, 1.165) is 26.1 Å². The minimum absolute atomic E-state index is 0.839. The molecule has 0 saturated heterocycles. The zero-order valence-corrected chi connectivity index (χ0v) is 9.22. The van der Waals surface area contributed by atoms with E-state index in [9.17, 15) is 5.11 Å². The Kier molecular flexibility index (Phi) is 5.77. The van der Waals surface area contributed by atoms with Crippen molar-refractivity contribution < 1.29 is 5.11 Å². The van der Waals surface area contributed by atoms with Gasteiger partial charge in [0.2, 0.25) is 0 Å². The summed E-state index contributed by atoms with van der Waals surface area (Å²) in [6.07, 6.45) is 0.839. The topological polar surface area (TPSA) is 23.5 Å². The van der Waals surface area contributed by atoms with Gasteiger partial charge in [0.05, 0.1) is 0 Å². The average Bonchev–Trinajstić information content (AvgIpc) is 2.03. The normalized spacial score (nSPS) is 11.2. The summed E-state index contributed by atoms with van der Waals surface area (Å²) >= 11 is 0. The summed E-state index contributed by atoms with van der Waals surface area (Å²) in [5.41, 5.74) is -0.844. The molecule has 0 unspecified atom stereocenters. The summed E-state index contributed by atoms with van der Waals surface area (Å²) in [5, 5.41) is 9.31. The fourth-order valence-electron chi connectivity index (χ4n) is 1.03. The van der Waals surface area contributed by atoms with Crippen LogP contribution in [0.5, 0.6) is 0 Å². The van der Waals surface area contributed by atoms with Gasteiger partial charge in [-0.15, -0.1) is 0 Å². The van der Waals surface area contributed by atoms with Gasteiger partial charge in [-0.1, -0.05) is 25.7 Å². The van der Waals surface area contributed by atoms with Gasteiger partial charge in [0.25, 0.3) is 0 Å². The van der Waals surface area contributed by atoms with Gasteiger partial charge in [-0.05, 0) is 26.9 Å². The summed E-state index contributed by atoms with van der Waals surface area (Å²) < 4.78 is 0. The Bertz CT molecular complexity index is 178. The fourth-order valence-corrected chi connectivity index (χ4v) is 1.03. The van der Waals surface area contributed by atoms with E-state index in [1.807, 2.05) is 0 Å². The van der Waals surface area contributed by atoms with Crippen LogP contribution in [0.3, 0.4) is 0 Å². The van der Waals surface area contributed by atoms with E-state index >= 15 is 0 Å². The van der Waals surface area contributed by atoms with Gasteiger partial charge in [-0.2, -0.15) is 0 Å². The summed E-state index contributed by atoms with van der Waals surface area (Å²) in [6.45, 7) is 10.8. The molecular formula is C11H21NO. The van der Waals surface area contributed by atoms with Crippen molar-refractivity contribution in [2.75, 3.05) is 19.6 Å². The summed E-state index contributed by atoms with van der Waals surface area (Å²) in [4.78, 5) is 2.32. The Balaban J connectivity index is 3.70. The maximum atomic E-state index is 9.31. The van der Waals surface area contributed by atoms with Crippen molar-refractivity contribution in [2.24, 2.45) is 0 Å². The SMILES string of the molecule is CCN(CC)CCC#CC(C)(C)O. The van der Waals surface area contributed by atoms with Gasteiger partial charge in [0, 0.05) is 13.0 Å². The van der Waals surface area contributed by atoms with Crippen LogP contribution in [0, 0.1) is 11.8 Å². The highest BCUT2D eigenvalue weighted by molar-refractivity contribution is 5.09. The number of aliphatic hydroxyl groups is 1. The molecule has 0 aliphatic rings. The van der Waals surface area contributed by atoms with Gasteiger partial charge in [0.1, 0.15) is 5.60 Å². The quantitative estimate of drug-likeness (QED) is 0.668. The highest BCUT2D eigenvalue weighted by Crippen LogP contribution is 1.97. The van der Waals surface area contributed by atoms with Crippen LogP contribution in [-0.4, -0.2) is 35.2 Å². The molecule has 0 spiro atoms. The molecule has 76 valence electrons.